The first-order valence-corrected chi connectivity index (χ1v) is 20.9. The quantitative estimate of drug-likeness (QED) is 0.0665. The van der Waals surface area contributed by atoms with E-state index < -0.39 is 14.2 Å². The summed E-state index contributed by atoms with van der Waals surface area (Å²) in [4.78, 5) is 0. The molecule has 0 aliphatic carbocycles. The van der Waals surface area contributed by atoms with E-state index in [0.717, 1.165) is 117 Å². The zero-order chi connectivity index (χ0) is 33.4. The van der Waals surface area contributed by atoms with Crippen molar-refractivity contribution < 1.29 is 24.1 Å². The van der Waals surface area contributed by atoms with Gasteiger partial charge >= 0.3 is 0 Å². The van der Waals surface area contributed by atoms with E-state index in [9.17, 15) is 5.11 Å². The van der Waals surface area contributed by atoms with Gasteiger partial charge in [0, 0.05) is 26.7 Å². The van der Waals surface area contributed by atoms with E-state index in [0.29, 0.717) is 0 Å². The SMILES string of the molecule is C=C(C)C(O)CC/C(C)=C/CC/C(C)=C/CC/C(C)=C/Cc1cc(OC2CCCCO2)c(C)c(C)c1OCOCC[Si](C)(C)C. The summed E-state index contributed by atoms with van der Waals surface area (Å²) in [5.41, 5.74) is 8.32. The fourth-order valence-corrected chi connectivity index (χ4v) is 5.94. The highest BCUT2D eigenvalue weighted by Crippen LogP contribution is 2.36. The molecule has 0 amide bonds. The number of rotatable bonds is 20. The standard InChI is InChI=1S/C39H64O5Si/c1-29(2)36(40)23-21-32(5)18-14-16-30(3)15-13-17-31(4)20-22-35-27-37(44-38-19-11-12-24-42-38)33(6)34(7)39(35)43-28-41-25-26-45(8,9)10/h15,18,20,27,36,38,40H,1,11-14,16-17,19,21-26,28H2,2-10H3/b30-15+,31-20+,32-18+. The molecule has 1 aliphatic rings. The number of benzene rings is 1. The molecule has 254 valence electrons. The molecule has 1 aromatic carbocycles. The molecule has 2 atom stereocenters. The maximum atomic E-state index is 9.96. The second-order valence-corrected chi connectivity index (χ2v) is 20.0. The highest BCUT2D eigenvalue weighted by Gasteiger charge is 2.20. The molecule has 6 heteroatoms. The van der Waals surface area contributed by atoms with E-state index in [1.807, 2.05) is 6.92 Å². The van der Waals surface area contributed by atoms with Crippen LogP contribution in [-0.4, -0.2) is 45.6 Å². The molecule has 1 saturated heterocycles. The van der Waals surface area contributed by atoms with Crippen molar-refractivity contribution in [1.29, 1.82) is 0 Å². The van der Waals surface area contributed by atoms with Crippen LogP contribution in [0.2, 0.25) is 25.7 Å². The van der Waals surface area contributed by atoms with Crippen LogP contribution in [0.15, 0.2) is 53.2 Å². The second kappa shape index (κ2) is 20.2. The van der Waals surface area contributed by atoms with Crippen LogP contribution in [0.25, 0.3) is 0 Å². The highest BCUT2D eigenvalue weighted by molar-refractivity contribution is 6.76. The molecule has 1 heterocycles. The number of hydrogen-bond acceptors (Lipinski definition) is 5. The smallest absolute Gasteiger partial charge is 0.199 e. The molecule has 45 heavy (non-hydrogen) atoms. The molecule has 0 aromatic heterocycles. The van der Waals surface area contributed by atoms with E-state index in [1.54, 1.807) is 0 Å². The number of aliphatic hydroxyl groups is 1. The Balaban J connectivity index is 2.00. The van der Waals surface area contributed by atoms with Crippen LogP contribution in [0, 0.1) is 13.8 Å². The normalized spacial score (nSPS) is 17.4. The van der Waals surface area contributed by atoms with E-state index in [-0.39, 0.29) is 13.1 Å². The first-order valence-electron chi connectivity index (χ1n) is 17.2. The van der Waals surface area contributed by atoms with Gasteiger partial charge < -0.3 is 24.1 Å². The Kier molecular flexibility index (Phi) is 17.5. The van der Waals surface area contributed by atoms with Crippen LogP contribution >= 0.6 is 0 Å². The van der Waals surface area contributed by atoms with Crippen LogP contribution in [0.4, 0.5) is 0 Å². The fraction of sp³-hybridized carbons (Fsp3) is 0.641. The molecule has 2 rings (SSSR count). The average molecular weight is 641 g/mol. The van der Waals surface area contributed by atoms with Crippen molar-refractivity contribution in [1.82, 2.24) is 0 Å². The summed E-state index contributed by atoms with van der Waals surface area (Å²) in [5.74, 6) is 1.80. The summed E-state index contributed by atoms with van der Waals surface area (Å²) < 4.78 is 24.5. The lowest BCUT2D eigenvalue weighted by Gasteiger charge is -2.26. The monoisotopic (exact) mass is 640 g/mol. The van der Waals surface area contributed by atoms with Gasteiger partial charge in [0.05, 0.1) is 12.7 Å². The van der Waals surface area contributed by atoms with Crippen LogP contribution in [0.1, 0.15) is 102 Å². The van der Waals surface area contributed by atoms with Crippen LogP contribution in [-0.2, 0) is 15.9 Å². The molecular weight excluding hydrogens is 577 g/mol. The minimum absolute atomic E-state index is 0.178. The first kappa shape index (κ1) is 39.1. The topological polar surface area (TPSA) is 57.2 Å². The number of ether oxygens (including phenoxy) is 4. The predicted molar refractivity (Wildman–Crippen MR) is 193 cm³/mol. The van der Waals surface area contributed by atoms with E-state index >= 15 is 0 Å². The van der Waals surface area contributed by atoms with Crippen molar-refractivity contribution >= 4 is 8.07 Å². The lowest BCUT2D eigenvalue weighted by molar-refractivity contribution is -0.106. The Bertz CT molecular complexity index is 1150. The summed E-state index contributed by atoms with van der Waals surface area (Å²) in [6.07, 6.45) is 16.3. The molecule has 0 bridgehead atoms. The van der Waals surface area contributed by atoms with Gasteiger partial charge in [0.2, 0.25) is 0 Å². The molecule has 0 spiro atoms. The molecule has 1 aliphatic heterocycles. The minimum Gasteiger partial charge on any atom is -0.467 e. The van der Waals surface area contributed by atoms with Gasteiger partial charge in [0.25, 0.3) is 0 Å². The van der Waals surface area contributed by atoms with Gasteiger partial charge in [-0.25, -0.2) is 0 Å². The summed E-state index contributed by atoms with van der Waals surface area (Å²) >= 11 is 0. The third kappa shape index (κ3) is 15.8. The van der Waals surface area contributed by atoms with E-state index in [2.05, 4.69) is 85.1 Å². The van der Waals surface area contributed by atoms with Gasteiger partial charge in [-0.15, -0.1) is 0 Å². The Morgan fingerprint density at radius 1 is 0.978 bits per heavy atom. The van der Waals surface area contributed by atoms with Crippen molar-refractivity contribution in [2.75, 3.05) is 20.0 Å². The second-order valence-electron chi connectivity index (χ2n) is 14.3. The number of aliphatic hydroxyl groups excluding tert-OH is 1. The molecule has 2 unspecified atom stereocenters. The Morgan fingerprint density at radius 2 is 1.62 bits per heavy atom. The number of allylic oxidation sites excluding steroid dienone is 6. The average Bonchev–Trinajstić information content (AvgIpc) is 2.98. The zero-order valence-corrected chi connectivity index (χ0v) is 31.2. The van der Waals surface area contributed by atoms with E-state index in [1.165, 1.54) is 16.7 Å². The summed E-state index contributed by atoms with van der Waals surface area (Å²) in [7, 11) is -1.14. The van der Waals surface area contributed by atoms with Gasteiger partial charge in [0.15, 0.2) is 13.1 Å². The van der Waals surface area contributed by atoms with Crippen LogP contribution < -0.4 is 9.47 Å². The molecule has 5 nitrogen and oxygen atoms in total. The Hall–Kier alpha value is -2.12. The molecule has 1 N–H and O–H groups in total. The van der Waals surface area contributed by atoms with Crippen LogP contribution in [0.5, 0.6) is 11.5 Å². The molecule has 1 fully saturated rings. The maximum Gasteiger partial charge on any atom is 0.199 e. The molecule has 0 saturated carbocycles. The summed E-state index contributed by atoms with van der Waals surface area (Å²) in [5, 5.41) is 9.96. The molecule has 1 aromatic rings. The molecule has 0 radical (unpaired) electrons. The molecular formula is C39H64O5Si. The van der Waals surface area contributed by atoms with Gasteiger partial charge in [-0.3, -0.25) is 0 Å². The van der Waals surface area contributed by atoms with Crippen molar-refractivity contribution in [2.45, 2.75) is 144 Å². The van der Waals surface area contributed by atoms with Gasteiger partial charge in [-0.05, 0) is 123 Å². The van der Waals surface area contributed by atoms with Gasteiger partial charge in [-0.1, -0.05) is 66.7 Å². The Labute approximate surface area is 276 Å². The van der Waals surface area contributed by atoms with Gasteiger partial charge in [-0.2, -0.15) is 0 Å². The zero-order valence-electron chi connectivity index (χ0n) is 30.2. The van der Waals surface area contributed by atoms with Crippen molar-refractivity contribution in [3.05, 3.63) is 69.9 Å². The third-order valence-electron chi connectivity index (χ3n) is 8.66. The largest absolute Gasteiger partial charge is 0.467 e. The minimum atomic E-state index is -1.14. The lowest BCUT2D eigenvalue weighted by Crippen LogP contribution is -2.25. The number of hydrogen-bond donors (Lipinski definition) is 1. The van der Waals surface area contributed by atoms with Crippen molar-refractivity contribution in [3.8, 4) is 11.5 Å². The van der Waals surface area contributed by atoms with Crippen molar-refractivity contribution in [2.24, 2.45) is 0 Å². The van der Waals surface area contributed by atoms with Crippen molar-refractivity contribution in [3.63, 3.8) is 0 Å². The third-order valence-corrected chi connectivity index (χ3v) is 10.4. The lowest BCUT2D eigenvalue weighted by atomic mass is 9.99. The van der Waals surface area contributed by atoms with Crippen LogP contribution in [0.3, 0.4) is 0 Å². The fourth-order valence-electron chi connectivity index (χ4n) is 5.18. The maximum absolute atomic E-state index is 9.96. The predicted octanol–water partition coefficient (Wildman–Crippen LogP) is 10.6. The Morgan fingerprint density at radius 3 is 2.22 bits per heavy atom. The van der Waals surface area contributed by atoms with E-state index in [4.69, 9.17) is 18.9 Å². The summed E-state index contributed by atoms with van der Waals surface area (Å²) in [6.45, 7) is 25.4. The van der Waals surface area contributed by atoms with Gasteiger partial charge in [0.1, 0.15) is 11.5 Å². The first-order chi connectivity index (χ1) is 21.3. The highest BCUT2D eigenvalue weighted by atomic mass is 28.3. The summed E-state index contributed by atoms with van der Waals surface area (Å²) in [6, 6.07) is 3.28.